The van der Waals surface area contributed by atoms with E-state index >= 15 is 0 Å². The van der Waals surface area contributed by atoms with E-state index in [1.54, 1.807) is 6.07 Å². The number of aromatic nitrogens is 1. The van der Waals surface area contributed by atoms with Gasteiger partial charge in [0.05, 0.1) is 18.0 Å². The van der Waals surface area contributed by atoms with Gasteiger partial charge in [0.15, 0.2) is 6.20 Å². The van der Waals surface area contributed by atoms with Gasteiger partial charge < -0.3 is 5.73 Å². The topological polar surface area (TPSA) is 104 Å². The molecule has 18 heavy (non-hydrogen) atoms. The number of nitrogens with one attached hydrogen (secondary N) is 1. The fourth-order valence-corrected chi connectivity index (χ4v) is 2.12. The third kappa shape index (κ3) is 2.55. The molecule has 0 bridgehead atoms. The van der Waals surface area contributed by atoms with E-state index in [0.29, 0.717) is 0 Å². The van der Waals surface area contributed by atoms with Crippen molar-refractivity contribution in [2.24, 2.45) is 11.7 Å². The quantitative estimate of drug-likeness (QED) is 0.608. The number of amides is 1. The van der Waals surface area contributed by atoms with Crippen LogP contribution in [-0.2, 0) is 4.79 Å². The maximum absolute atomic E-state index is 11.0. The molecule has 2 heterocycles. The zero-order valence-corrected chi connectivity index (χ0v) is 9.83. The number of hydrogen-bond donors (Lipinski definition) is 1. The summed E-state index contributed by atoms with van der Waals surface area (Å²) in [7, 11) is 0. The van der Waals surface area contributed by atoms with Crippen molar-refractivity contribution in [3.63, 3.8) is 0 Å². The Morgan fingerprint density at radius 1 is 1.44 bits per heavy atom. The van der Waals surface area contributed by atoms with Crippen molar-refractivity contribution in [3.05, 3.63) is 28.4 Å². The van der Waals surface area contributed by atoms with Crippen LogP contribution < -0.4 is 15.6 Å². The summed E-state index contributed by atoms with van der Waals surface area (Å²) in [6, 6.07) is 3.15. The maximum Gasteiger partial charge on any atom is 0.308 e. The van der Waals surface area contributed by atoms with Gasteiger partial charge in [0.25, 0.3) is 5.82 Å². The predicted molar refractivity (Wildman–Crippen MR) is 63.8 cm³/mol. The number of hydrogen-bond acceptors (Lipinski definition) is 4. The summed E-state index contributed by atoms with van der Waals surface area (Å²) in [5.74, 6) is 0.519. The Balaban J connectivity index is 2.01. The minimum atomic E-state index is -0.445. The molecule has 7 nitrogen and oxygen atoms in total. The molecule has 7 heteroatoms. The molecule has 2 rings (SSSR count). The van der Waals surface area contributed by atoms with E-state index in [2.05, 4.69) is 9.88 Å². The lowest BCUT2D eigenvalue weighted by Crippen LogP contribution is -2.40. The highest BCUT2D eigenvalue weighted by atomic mass is 16.6. The SMILES string of the molecule is NC(=O)C1CCN(c2ccc([N+](=O)[O-])c[nH+]2)CC1. The van der Waals surface area contributed by atoms with E-state index in [0.717, 1.165) is 31.7 Å². The number of carbonyl (C=O) groups excluding carboxylic acids is 1. The number of carbonyl (C=O) groups is 1. The molecule has 0 unspecified atom stereocenters. The number of nitrogens with zero attached hydrogens (tertiary/aromatic N) is 2. The molecule has 0 aliphatic carbocycles. The van der Waals surface area contributed by atoms with Crippen molar-refractivity contribution >= 4 is 17.4 Å². The Kier molecular flexibility index (Phi) is 3.40. The van der Waals surface area contributed by atoms with Crippen LogP contribution in [0.1, 0.15) is 12.8 Å². The normalized spacial score (nSPS) is 16.6. The molecule has 1 amide bonds. The second kappa shape index (κ2) is 4.99. The summed E-state index contributed by atoms with van der Waals surface area (Å²) in [6.45, 7) is 1.45. The molecule has 0 spiro atoms. The van der Waals surface area contributed by atoms with Crippen LogP contribution in [0.4, 0.5) is 11.5 Å². The number of rotatable bonds is 3. The minimum Gasteiger partial charge on any atom is -0.369 e. The van der Waals surface area contributed by atoms with Gasteiger partial charge in [0.2, 0.25) is 5.91 Å². The second-order valence-electron chi connectivity index (χ2n) is 4.35. The van der Waals surface area contributed by atoms with Gasteiger partial charge >= 0.3 is 5.69 Å². The smallest absolute Gasteiger partial charge is 0.308 e. The lowest BCUT2D eigenvalue weighted by molar-refractivity contribution is -0.414. The Hall–Kier alpha value is -2.18. The monoisotopic (exact) mass is 251 g/mol. The van der Waals surface area contributed by atoms with Crippen molar-refractivity contribution in [1.29, 1.82) is 0 Å². The molecule has 0 aromatic carbocycles. The van der Waals surface area contributed by atoms with Crippen LogP contribution in [0.3, 0.4) is 0 Å². The number of aromatic amines is 1. The van der Waals surface area contributed by atoms with Gasteiger partial charge in [-0.2, -0.15) is 0 Å². The average molecular weight is 251 g/mol. The molecule has 1 aromatic heterocycles. The number of pyridine rings is 1. The lowest BCUT2D eigenvalue weighted by Gasteiger charge is -2.25. The van der Waals surface area contributed by atoms with Crippen LogP contribution in [0.2, 0.25) is 0 Å². The predicted octanol–water partition coefficient (Wildman–Crippen LogP) is 0.111. The summed E-state index contributed by atoms with van der Waals surface area (Å²) >= 11 is 0. The van der Waals surface area contributed by atoms with Gasteiger partial charge in [-0.25, -0.2) is 4.98 Å². The highest BCUT2D eigenvalue weighted by Crippen LogP contribution is 2.20. The summed E-state index contributed by atoms with van der Waals surface area (Å²) < 4.78 is 0. The van der Waals surface area contributed by atoms with Gasteiger partial charge in [-0.05, 0) is 12.8 Å². The van der Waals surface area contributed by atoms with Crippen molar-refractivity contribution in [1.82, 2.24) is 0 Å². The second-order valence-corrected chi connectivity index (χ2v) is 4.35. The molecule has 1 aliphatic rings. The lowest BCUT2D eigenvalue weighted by atomic mass is 9.96. The first-order chi connectivity index (χ1) is 8.58. The fraction of sp³-hybridized carbons (Fsp3) is 0.455. The van der Waals surface area contributed by atoms with Crippen LogP contribution in [-0.4, -0.2) is 23.9 Å². The molecule has 0 radical (unpaired) electrons. The molecule has 1 aliphatic heterocycles. The van der Waals surface area contributed by atoms with Gasteiger partial charge in [0.1, 0.15) is 0 Å². The minimum absolute atomic E-state index is 0.0331. The van der Waals surface area contributed by atoms with Crippen molar-refractivity contribution < 1.29 is 14.7 Å². The van der Waals surface area contributed by atoms with Crippen molar-refractivity contribution in [2.75, 3.05) is 18.0 Å². The number of nitro groups is 1. The van der Waals surface area contributed by atoms with Crippen LogP contribution in [0.25, 0.3) is 0 Å². The summed E-state index contributed by atoms with van der Waals surface area (Å²) in [5, 5.41) is 10.5. The van der Waals surface area contributed by atoms with Gasteiger partial charge in [-0.1, -0.05) is 0 Å². The van der Waals surface area contributed by atoms with Crippen molar-refractivity contribution in [2.45, 2.75) is 12.8 Å². The molecule has 0 atom stereocenters. The number of H-pyrrole nitrogens is 1. The van der Waals surface area contributed by atoms with E-state index in [1.165, 1.54) is 12.3 Å². The summed E-state index contributed by atoms with van der Waals surface area (Å²) in [4.78, 5) is 26.1. The van der Waals surface area contributed by atoms with Crippen molar-refractivity contribution in [3.8, 4) is 0 Å². The first-order valence-electron chi connectivity index (χ1n) is 5.78. The molecule has 96 valence electrons. The van der Waals surface area contributed by atoms with Crippen LogP contribution in [0.15, 0.2) is 18.3 Å². The van der Waals surface area contributed by atoms with E-state index in [4.69, 9.17) is 5.73 Å². The molecule has 1 aromatic rings. The summed E-state index contributed by atoms with van der Waals surface area (Å²) in [6.07, 6.45) is 2.82. The highest BCUT2D eigenvalue weighted by Gasteiger charge is 2.28. The van der Waals surface area contributed by atoms with E-state index in [-0.39, 0.29) is 17.5 Å². The number of anilines is 1. The van der Waals surface area contributed by atoms with Crippen LogP contribution in [0, 0.1) is 16.0 Å². The third-order valence-electron chi connectivity index (χ3n) is 3.23. The number of primary amides is 1. The largest absolute Gasteiger partial charge is 0.369 e. The zero-order valence-electron chi connectivity index (χ0n) is 9.83. The number of nitrogens with two attached hydrogens (primary N) is 1. The van der Waals surface area contributed by atoms with Crippen LogP contribution in [0.5, 0.6) is 0 Å². The molecular formula is C11H15N4O3+. The van der Waals surface area contributed by atoms with E-state index in [9.17, 15) is 14.9 Å². The summed E-state index contributed by atoms with van der Waals surface area (Å²) in [5.41, 5.74) is 5.30. The van der Waals surface area contributed by atoms with Gasteiger partial charge in [-0.15, -0.1) is 0 Å². The number of piperidine rings is 1. The molecular weight excluding hydrogens is 236 g/mol. The maximum atomic E-state index is 11.0. The Bertz CT molecular complexity index is 452. The zero-order chi connectivity index (χ0) is 13.1. The molecule has 1 fully saturated rings. The van der Waals surface area contributed by atoms with Gasteiger partial charge in [-0.3, -0.25) is 19.8 Å². The highest BCUT2D eigenvalue weighted by molar-refractivity contribution is 5.76. The molecule has 1 saturated heterocycles. The van der Waals surface area contributed by atoms with E-state index < -0.39 is 4.92 Å². The first-order valence-corrected chi connectivity index (χ1v) is 5.78. The Labute approximate surface area is 104 Å². The van der Waals surface area contributed by atoms with Crippen LogP contribution >= 0.6 is 0 Å². The average Bonchev–Trinajstić information content (AvgIpc) is 2.39. The molecule has 3 N–H and O–H groups in total. The van der Waals surface area contributed by atoms with E-state index in [1.807, 2.05) is 0 Å². The Morgan fingerprint density at radius 3 is 2.56 bits per heavy atom. The molecule has 0 saturated carbocycles. The third-order valence-corrected chi connectivity index (χ3v) is 3.23. The Morgan fingerprint density at radius 2 is 2.11 bits per heavy atom. The van der Waals surface area contributed by atoms with Gasteiger partial charge in [0, 0.05) is 18.1 Å². The first kappa shape index (κ1) is 12.3. The fourth-order valence-electron chi connectivity index (χ4n) is 2.12. The standard InChI is InChI=1S/C11H14N4O3/c12-11(16)8-3-5-14(6-4-8)10-2-1-9(7-13-10)15(17)18/h1-2,7-8H,3-6H2,(H2,12,16)/p+1.